The maximum atomic E-state index is 12.4. The van der Waals surface area contributed by atoms with E-state index in [1.54, 1.807) is 0 Å². The Labute approximate surface area is 132 Å². The first kappa shape index (κ1) is 15.3. The molecule has 0 aromatic heterocycles. The van der Waals surface area contributed by atoms with Crippen molar-refractivity contribution in [1.29, 1.82) is 0 Å². The number of nitrogens with one attached hydrogen (secondary N) is 1. The Hall–Kier alpha value is -1.55. The molecule has 1 aliphatic carbocycles. The van der Waals surface area contributed by atoms with Crippen LogP contribution in [0.25, 0.3) is 0 Å². The molecule has 3 rings (SSSR count). The number of rotatable bonds is 4. The first-order valence-corrected chi connectivity index (χ1v) is 8.54. The average molecular weight is 302 g/mol. The standard InChI is InChI=1S/C18H26N2O2/c21-11-9-17-6-1-2-10-20(17)18(22)19-13-14-7-8-15-4-3-5-16(15)12-14/h7-8,12,17,21H,1-6,9-11,13H2,(H,19,22). The summed E-state index contributed by atoms with van der Waals surface area (Å²) in [6.45, 7) is 1.55. The zero-order valence-corrected chi connectivity index (χ0v) is 13.2. The minimum Gasteiger partial charge on any atom is -0.396 e. The second-order valence-corrected chi connectivity index (χ2v) is 6.47. The molecule has 0 bridgehead atoms. The highest BCUT2D eigenvalue weighted by Gasteiger charge is 2.25. The lowest BCUT2D eigenvalue weighted by Crippen LogP contribution is -2.48. The molecule has 0 radical (unpaired) electrons. The second kappa shape index (κ2) is 7.14. The maximum Gasteiger partial charge on any atom is 0.317 e. The van der Waals surface area contributed by atoms with Gasteiger partial charge in [-0.2, -0.15) is 0 Å². The summed E-state index contributed by atoms with van der Waals surface area (Å²) in [4.78, 5) is 14.3. The molecule has 4 heteroatoms. The third-order valence-electron chi connectivity index (χ3n) is 4.96. The van der Waals surface area contributed by atoms with Crippen LogP contribution in [-0.4, -0.2) is 35.2 Å². The van der Waals surface area contributed by atoms with Crippen LogP contribution in [0.15, 0.2) is 18.2 Å². The van der Waals surface area contributed by atoms with Crippen molar-refractivity contribution in [2.45, 2.75) is 57.5 Å². The van der Waals surface area contributed by atoms with Gasteiger partial charge in [-0.05, 0) is 61.6 Å². The number of amides is 2. The van der Waals surface area contributed by atoms with Crippen molar-refractivity contribution >= 4 is 6.03 Å². The summed E-state index contributed by atoms with van der Waals surface area (Å²) in [7, 11) is 0. The lowest BCUT2D eigenvalue weighted by molar-refractivity contribution is 0.131. The molecule has 120 valence electrons. The van der Waals surface area contributed by atoms with Crippen LogP contribution >= 0.6 is 0 Å². The first-order chi connectivity index (χ1) is 10.8. The zero-order chi connectivity index (χ0) is 15.4. The monoisotopic (exact) mass is 302 g/mol. The van der Waals surface area contributed by atoms with Crippen LogP contribution in [0.2, 0.25) is 0 Å². The smallest absolute Gasteiger partial charge is 0.317 e. The number of fused-ring (bicyclic) bond motifs is 1. The fourth-order valence-corrected chi connectivity index (χ4v) is 3.73. The first-order valence-electron chi connectivity index (χ1n) is 8.54. The summed E-state index contributed by atoms with van der Waals surface area (Å²) >= 11 is 0. The van der Waals surface area contributed by atoms with Crippen LogP contribution in [0.4, 0.5) is 4.79 Å². The average Bonchev–Trinajstić information content (AvgIpc) is 3.01. The van der Waals surface area contributed by atoms with E-state index in [0.29, 0.717) is 13.0 Å². The summed E-state index contributed by atoms with van der Waals surface area (Å²) in [6, 6.07) is 6.78. The van der Waals surface area contributed by atoms with Crippen LogP contribution < -0.4 is 5.32 Å². The molecular weight excluding hydrogens is 276 g/mol. The topological polar surface area (TPSA) is 52.6 Å². The van der Waals surface area contributed by atoms with E-state index in [1.807, 2.05) is 4.90 Å². The number of piperidine rings is 1. The number of aliphatic hydroxyl groups is 1. The van der Waals surface area contributed by atoms with E-state index in [-0.39, 0.29) is 18.7 Å². The minimum absolute atomic E-state index is 0.0126. The van der Waals surface area contributed by atoms with E-state index < -0.39 is 0 Å². The maximum absolute atomic E-state index is 12.4. The lowest BCUT2D eigenvalue weighted by atomic mass is 10.00. The number of carbonyl (C=O) groups excluding carboxylic acids is 1. The van der Waals surface area contributed by atoms with Gasteiger partial charge in [0.1, 0.15) is 0 Å². The van der Waals surface area contributed by atoms with Gasteiger partial charge in [0.05, 0.1) is 0 Å². The molecule has 1 aliphatic heterocycles. The van der Waals surface area contributed by atoms with Crippen LogP contribution in [0.1, 0.15) is 48.8 Å². The lowest BCUT2D eigenvalue weighted by Gasteiger charge is -2.35. The molecule has 22 heavy (non-hydrogen) atoms. The summed E-state index contributed by atoms with van der Waals surface area (Å²) < 4.78 is 0. The molecule has 1 aromatic carbocycles. The van der Waals surface area contributed by atoms with Crippen LogP contribution in [-0.2, 0) is 19.4 Å². The van der Waals surface area contributed by atoms with Gasteiger partial charge in [0, 0.05) is 25.7 Å². The minimum atomic E-state index is 0.0126. The van der Waals surface area contributed by atoms with Gasteiger partial charge in [-0.25, -0.2) is 4.79 Å². The number of aliphatic hydroxyl groups excluding tert-OH is 1. The van der Waals surface area contributed by atoms with E-state index >= 15 is 0 Å². The predicted molar refractivity (Wildman–Crippen MR) is 86.8 cm³/mol. The number of hydrogen-bond donors (Lipinski definition) is 2. The summed E-state index contributed by atoms with van der Waals surface area (Å²) in [6.07, 6.45) is 7.52. The van der Waals surface area contributed by atoms with Gasteiger partial charge in [-0.1, -0.05) is 18.2 Å². The molecule has 1 aromatic rings. The Bertz CT molecular complexity index is 528. The summed E-state index contributed by atoms with van der Waals surface area (Å²) in [5.74, 6) is 0. The van der Waals surface area contributed by atoms with Crippen molar-refractivity contribution in [2.75, 3.05) is 13.2 Å². The molecule has 2 N–H and O–H groups in total. The number of likely N-dealkylation sites (tertiary alicyclic amines) is 1. The molecule has 1 unspecified atom stereocenters. The van der Waals surface area contributed by atoms with Gasteiger partial charge in [0.2, 0.25) is 0 Å². The number of benzene rings is 1. The number of nitrogens with zero attached hydrogens (tertiary/aromatic N) is 1. The van der Waals surface area contributed by atoms with E-state index in [0.717, 1.165) is 25.8 Å². The molecule has 2 amide bonds. The summed E-state index contributed by atoms with van der Waals surface area (Å²) in [5.41, 5.74) is 4.10. The Morgan fingerprint density at radius 2 is 2.09 bits per heavy atom. The molecule has 1 saturated heterocycles. The zero-order valence-electron chi connectivity index (χ0n) is 13.2. The SMILES string of the molecule is O=C(NCc1ccc2c(c1)CCC2)N1CCCCC1CCO. The molecule has 1 fully saturated rings. The molecule has 1 heterocycles. The number of urea groups is 1. The molecule has 1 atom stereocenters. The fraction of sp³-hybridized carbons (Fsp3) is 0.611. The van der Waals surface area contributed by atoms with Crippen LogP contribution in [0.5, 0.6) is 0 Å². The molecule has 2 aliphatic rings. The Balaban J connectivity index is 1.57. The number of hydrogen-bond acceptors (Lipinski definition) is 2. The van der Waals surface area contributed by atoms with Gasteiger partial charge < -0.3 is 15.3 Å². The summed E-state index contributed by atoms with van der Waals surface area (Å²) in [5, 5.41) is 12.2. The van der Waals surface area contributed by atoms with Crippen molar-refractivity contribution in [3.8, 4) is 0 Å². The fourth-order valence-electron chi connectivity index (χ4n) is 3.73. The molecular formula is C18H26N2O2. The van der Waals surface area contributed by atoms with E-state index in [2.05, 4.69) is 23.5 Å². The quantitative estimate of drug-likeness (QED) is 0.898. The van der Waals surface area contributed by atoms with Crippen LogP contribution in [0, 0.1) is 0 Å². The Morgan fingerprint density at radius 1 is 1.23 bits per heavy atom. The van der Waals surface area contributed by atoms with Gasteiger partial charge in [-0.3, -0.25) is 0 Å². The van der Waals surface area contributed by atoms with Gasteiger partial charge in [0.15, 0.2) is 0 Å². The van der Waals surface area contributed by atoms with E-state index in [1.165, 1.54) is 36.0 Å². The highest BCUT2D eigenvalue weighted by atomic mass is 16.3. The number of aryl methyl sites for hydroxylation is 2. The van der Waals surface area contributed by atoms with Gasteiger partial charge in [-0.15, -0.1) is 0 Å². The Morgan fingerprint density at radius 3 is 2.95 bits per heavy atom. The van der Waals surface area contributed by atoms with Gasteiger partial charge >= 0.3 is 6.03 Å². The van der Waals surface area contributed by atoms with Crippen molar-refractivity contribution in [3.05, 3.63) is 34.9 Å². The number of carbonyl (C=O) groups is 1. The van der Waals surface area contributed by atoms with Crippen molar-refractivity contribution in [1.82, 2.24) is 10.2 Å². The predicted octanol–water partition coefficient (Wildman–Crippen LogP) is 2.62. The van der Waals surface area contributed by atoms with Crippen LogP contribution in [0.3, 0.4) is 0 Å². The third kappa shape index (κ3) is 3.43. The Kier molecular flexibility index (Phi) is 4.98. The molecule has 4 nitrogen and oxygen atoms in total. The van der Waals surface area contributed by atoms with E-state index in [4.69, 9.17) is 5.11 Å². The largest absolute Gasteiger partial charge is 0.396 e. The molecule has 0 spiro atoms. The van der Waals surface area contributed by atoms with Gasteiger partial charge in [0.25, 0.3) is 0 Å². The third-order valence-corrected chi connectivity index (χ3v) is 4.96. The molecule has 0 saturated carbocycles. The second-order valence-electron chi connectivity index (χ2n) is 6.47. The normalized spacial score (nSPS) is 20.8. The highest BCUT2D eigenvalue weighted by Crippen LogP contribution is 2.23. The van der Waals surface area contributed by atoms with Crippen molar-refractivity contribution < 1.29 is 9.90 Å². The van der Waals surface area contributed by atoms with Crippen molar-refractivity contribution in [2.24, 2.45) is 0 Å². The van der Waals surface area contributed by atoms with E-state index in [9.17, 15) is 4.79 Å². The van der Waals surface area contributed by atoms with Crippen molar-refractivity contribution in [3.63, 3.8) is 0 Å². The highest BCUT2D eigenvalue weighted by molar-refractivity contribution is 5.74.